The number of hydrogen-bond acceptors (Lipinski definition) is 7. The number of aliphatic carboxylic acids is 1. The number of hydrogen-bond donors (Lipinski definition) is 2. The van der Waals surface area contributed by atoms with Gasteiger partial charge in [0.05, 0.1) is 11.4 Å². The van der Waals surface area contributed by atoms with Crippen LogP contribution in [0.25, 0.3) is 10.7 Å². The van der Waals surface area contributed by atoms with Crippen LogP contribution in [0.15, 0.2) is 22.0 Å². The van der Waals surface area contributed by atoms with Gasteiger partial charge in [-0.2, -0.15) is 4.98 Å². The summed E-state index contributed by atoms with van der Waals surface area (Å²) in [6, 6.07) is 3.76. The predicted molar refractivity (Wildman–Crippen MR) is 77.4 cm³/mol. The van der Waals surface area contributed by atoms with E-state index in [2.05, 4.69) is 15.5 Å². The molecule has 2 N–H and O–H groups in total. The molecule has 0 fully saturated rings. The van der Waals surface area contributed by atoms with Crippen LogP contribution in [0.1, 0.15) is 12.3 Å². The van der Waals surface area contributed by atoms with Gasteiger partial charge in [0.25, 0.3) is 0 Å². The number of aryl methyl sites for hydroxylation is 1. The summed E-state index contributed by atoms with van der Waals surface area (Å²) in [5.74, 6) is -0.574. The first-order valence-corrected chi connectivity index (χ1v) is 7.37. The third kappa shape index (κ3) is 4.37. The highest BCUT2D eigenvalue weighted by atomic mass is 32.1. The Morgan fingerprint density at radius 2 is 2.36 bits per heavy atom. The molecular weight excluding hydrogens is 310 g/mol. The Morgan fingerprint density at radius 1 is 1.55 bits per heavy atom. The van der Waals surface area contributed by atoms with Crippen molar-refractivity contribution in [2.24, 2.45) is 0 Å². The smallest absolute Gasteiger partial charge is 0.334 e. The van der Waals surface area contributed by atoms with Gasteiger partial charge in [-0.05, 0) is 11.4 Å². The summed E-state index contributed by atoms with van der Waals surface area (Å²) < 4.78 is 9.79. The fourth-order valence-corrected chi connectivity index (χ4v) is 2.30. The molecule has 2 aromatic rings. The number of methoxy groups -OCH3 is 1. The SMILES string of the molecule is COC(CNC(=O)CCc1nc(-c2cccs2)no1)C(=O)O. The van der Waals surface area contributed by atoms with Crippen molar-refractivity contribution in [1.82, 2.24) is 15.5 Å². The zero-order valence-corrected chi connectivity index (χ0v) is 12.6. The molecule has 0 bridgehead atoms. The fraction of sp³-hybridized carbons (Fsp3) is 0.385. The van der Waals surface area contributed by atoms with Gasteiger partial charge in [0.2, 0.25) is 17.6 Å². The minimum atomic E-state index is -1.12. The molecule has 22 heavy (non-hydrogen) atoms. The fourth-order valence-electron chi connectivity index (χ4n) is 1.65. The number of nitrogens with zero attached hydrogens (tertiary/aromatic N) is 2. The lowest BCUT2D eigenvalue weighted by atomic mass is 10.3. The quantitative estimate of drug-likeness (QED) is 0.742. The molecule has 118 valence electrons. The van der Waals surface area contributed by atoms with Gasteiger partial charge in [-0.15, -0.1) is 11.3 Å². The van der Waals surface area contributed by atoms with Gasteiger partial charge in [0.1, 0.15) is 0 Å². The topological polar surface area (TPSA) is 115 Å². The lowest BCUT2D eigenvalue weighted by Gasteiger charge is -2.10. The number of aromatic nitrogens is 2. The number of amides is 1. The molecule has 0 radical (unpaired) electrons. The predicted octanol–water partition coefficient (Wildman–Crippen LogP) is 0.947. The van der Waals surface area contributed by atoms with Crippen molar-refractivity contribution in [2.75, 3.05) is 13.7 Å². The van der Waals surface area contributed by atoms with Crippen LogP contribution in [-0.2, 0) is 20.7 Å². The van der Waals surface area contributed by atoms with Gasteiger partial charge in [0.15, 0.2) is 6.10 Å². The molecule has 1 unspecified atom stereocenters. The Morgan fingerprint density at radius 3 is 3.00 bits per heavy atom. The first kappa shape index (κ1) is 16.1. The summed E-state index contributed by atoms with van der Waals surface area (Å²) in [4.78, 5) is 27.5. The Hall–Kier alpha value is -2.26. The number of carbonyl (C=O) groups is 2. The first-order valence-electron chi connectivity index (χ1n) is 6.49. The number of carbonyl (C=O) groups excluding carboxylic acids is 1. The monoisotopic (exact) mass is 325 g/mol. The summed E-state index contributed by atoms with van der Waals surface area (Å²) in [6.07, 6.45) is -0.644. The van der Waals surface area contributed by atoms with Crippen LogP contribution >= 0.6 is 11.3 Å². The van der Waals surface area contributed by atoms with Crippen molar-refractivity contribution >= 4 is 23.2 Å². The maximum Gasteiger partial charge on any atom is 0.334 e. The van der Waals surface area contributed by atoms with E-state index in [4.69, 9.17) is 14.4 Å². The third-order valence-corrected chi connectivity index (χ3v) is 3.69. The standard InChI is InChI=1S/C13H15N3O5S/c1-20-8(13(18)19)7-14-10(17)4-5-11-15-12(16-21-11)9-3-2-6-22-9/h2-3,6,8H,4-5,7H2,1H3,(H,14,17)(H,18,19). The second kappa shape index (κ2) is 7.66. The van der Waals surface area contributed by atoms with Crippen LogP contribution in [0, 0.1) is 0 Å². The molecule has 2 heterocycles. The zero-order valence-electron chi connectivity index (χ0n) is 11.8. The van der Waals surface area contributed by atoms with E-state index >= 15 is 0 Å². The summed E-state index contributed by atoms with van der Waals surface area (Å²) in [5, 5.41) is 17.0. The van der Waals surface area contributed by atoms with E-state index in [1.54, 1.807) is 0 Å². The minimum absolute atomic E-state index is 0.0883. The van der Waals surface area contributed by atoms with Gasteiger partial charge in [-0.1, -0.05) is 11.2 Å². The molecule has 0 aliphatic carbocycles. The highest BCUT2D eigenvalue weighted by Gasteiger charge is 2.17. The summed E-state index contributed by atoms with van der Waals surface area (Å²) in [7, 11) is 1.27. The van der Waals surface area contributed by atoms with E-state index in [-0.39, 0.29) is 25.3 Å². The van der Waals surface area contributed by atoms with Crippen LogP contribution in [-0.4, -0.2) is 46.9 Å². The van der Waals surface area contributed by atoms with E-state index in [1.807, 2.05) is 17.5 Å². The lowest BCUT2D eigenvalue weighted by molar-refractivity contribution is -0.148. The molecule has 0 spiro atoms. The third-order valence-electron chi connectivity index (χ3n) is 2.82. The van der Waals surface area contributed by atoms with Crippen molar-refractivity contribution in [1.29, 1.82) is 0 Å². The Labute approximate surface area is 130 Å². The van der Waals surface area contributed by atoms with Crippen molar-refractivity contribution < 1.29 is 24.0 Å². The molecule has 0 saturated heterocycles. The number of carboxylic acid groups (broad SMARTS) is 1. The van der Waals surface area contributed by atoms with Crippen molar-refractivity contribution in [3.05, 3.63) is 23.4 Å². The molecule has 2 aromatic heterocycles. The maximum absolute atomic E-state index is 11.6. The number of nitrogens with one attached hydrogen (secondary N) is 1. The largest absolute Gasteiger partial charge is 0.479 e. The van der Waals surface area contributed by atoms with E-state index in [0.717, 1.165) is 4.88 Å². The second-order valence-electron chi connectivity index (χ2n) is 4.36. The number of rotatable bonds is 8. The molecule has 8 nitrogen and oxygen atoms in total. The maximum atomic E-state index is 11.6. The van der Waals surface area contributed by atoms with Crippen LogP contribution < -0.4 is 5.32 Å². The van der Waals surface area contributed by atoms with Gasteiger partial charge in [-0.25, -0.2) is 4.79 Å². The second-order valence-corrected chi connectivity index (χ2v) is 5.30. The minimum Gasteiger partial charge on any atom is -0.479 e. The van der Waals surface area contributed by atoms with E-state index in [9.17, 15) is 9.59 Å². The molecule has 1 atom stereocenters. The Kier molecular flexibility index (Phi) is 5.61. The summed E-state index contributed by atoms with van der Waals surface area (Å²) in [6.45, 7) is -0.0883. The average molecular weight is 325 g/mol. The summed E-state index contributed by atoms with van der Waals surface area (Å²) in [5.41, 5.74) is 0. The van der Waals surface area contributed by atoms with Crippen LogP contribution in [0.4, 0.5) is 0 Å². The molecule has 0 aromatic carbocycles. The van der Waals surface area contributed by atoms with E-state index in [0.29, 0.717) is 11.7 Å². The molecule has 2 rings (SSSR count). The van der Waals surface area contributed by atoms with Gasteiger partial charge >= 0.3 is 5.97 Å². The molecule has 0 saturated carbocycles. The molecule has 0 aliphatic heterocycles. The first-order chi connectivity index (χ1) is 10.6. The molecule has 0 aliphatic rings. The Bertz CT molecular complexity index is 625. The van der Waals surface area contributed by atoms with Crippen molar-refractivity contribution in [3.63, 3.8) is 0 Å². The van der Waals surface area contributed by atoms with Gasteiger partial charge < -0.3 is 19.7 Å². The van der Waals surface area contributed by atoms with E-state index in [1.165, 1.54) is 18.4 Å². The molecular formula is C13H15N3O5S. The highest BCUT2D eigenvalue weighted by molar-refractivity contribution is 7.13. The van der Waals surface area contributed by atoms with Crippen LogP contribution in [0.5, 0.6) is 0 Å². The summed E-state index contributed by atoms with van der Waals surface area (Å²) >= 11 is 1.50. The normalized spacial score (nSPS) is 12.0. The van der Waals surface area contributed by atoms with Crippen molar-refractivity contribution in [3.8, 4) is 10.7 Å². The number of carboxylic acids is 1. The van der Waals surface area contributed by atoms with Crippen molar-refractivity contribution in [2.45, 2.75) is 18.9 Å². The lowest BCUT2D eigenvalue weighted by Crippen LogP contribution is -2.37. The van der Waals surface area contributed by atoms with E-state index < -0.39 is 12.1 Å². The molecule has 1 amide bonds. The highest BCUT2D eigenvalue weighted by Crippen LogP contribution is 2.21. The van der Waals surface area contributed by atoms with Gasteiger partial charge in [-0.3, -0.25) is 4.79 Å². The van der Waals surface area contributed by atoms with Crippen LogP contribution in [0.3, 0.4) is 0 Å². The number of ether oxygens (including phenoxy) is 1. The average Bonchev–Trinajstić information content (AvgIpc) is 3.16. The molecule has 9 heteroatoms. The van der Waals surface area contributed by atoms with Gasteiger partial charge in [0, 0.05) is 20.0 Å². The zero-order chi connectivity index (χ0) is 15.9. The Balaban J connectivity index is 1.78. The van der Waals surface area contributed by atoms with Crippen LogP contribution in [0.2, 0.25) is 0 Å². The number of thiophene rings is 1.